The normalized spacial score (nSPS) is 11.1. The molecule has 0 unspecified atom stereocenters. The van der Waals surface area contributed by atoms with E-state index in [0.29, 0.717) is 26.7 Å². The average Bonchev–Trinajstić information content (AvgIpc) is 2.43. The number of rotatable bonds is 1. The summed E-state index contributed by atoms with van der Waals surface area (Å²) in [7, 11) is 0. The Kier molecular flexibility index (Phi) is 3.69. The van der Waals surface area contributed by atoms with Crippen LogP contribution in [0.2, 0.25) is 15.2 Å². The number of hydrogen-bond acceptors (Lipinski definition) is 2. The van der Waals surface area contributed by atoms with Gasteiger partial charge in [0, 0.05) is 21.4 Å². The molecule has 1 heterocycles. The van der Waals surface area contributed by atoms with Crippen LogP contribution in [0.5, 0.6) is 0 Å². The van der Waals surface area contributed by atoms with E-state index in [1.807, 2.05) is 0 Å². The van der Waals surface area contributed by atoms with Crippen LogP contribution in [0.25, 0.3) is 22.0 Å². The molecule has 2 nitrogen and oxygen atoms in total. The molecule has 0 aliphatic carbocycles. The number of hydrogen-bond donors (Lipinski definition) is 0. The lowest BCUT2D eigenvalue weighted by Gasteiger charge is -2.09. The molecule has 21 heavy (non-hydrogen) atoms. The minimum atomic E-state index is -1.01. The molecule has 0 N–H and O–H groups in total. The van der Waals surface area contributed by atoms with Crippen molar-refractivity contribution in [1.82, 2.24) is 10.2 Å². The van der Waals surface area contributed by atoms with Crippen molar-refractivity contribution in [2.24, 2.45) is 0 Å². The Morgan fingerprint density at radius 3 is 2.14 bits per heavy atom. The second-order valence-electron chi connectivity index (χ2n) is 4.28. The molecular formula is C14H5Cl3F2N2. The summed E-state index contributed by atoms with van der Waals surface area (Å²) in [6.45, 7) is 0. The van der Waals surface area contributed by atoms with Gasteiger partial charge in [-0.15, -0.1) is 10.2 Å². The van der Waals surface area contributed by atoms with E-state index in [2.05, 4.69) is 10.2 Å². The largest absolute Gasteiger partial charge is 0.204 e. The average molecular weight is 346 g/mol. The van der Waals surface area contributed by atoms with E-state index in [-0.39, 0.29) is 10.5 Å². The van der Waals surface area contributed by atoms with Crippen LogP contribution in [-0.4, -0.2) is 10.2 Å². The maximum Gasteiger partial charge on any atom is 0.159 e. The van der Waals surface area contributed by atoms with Gasteiger partial charge in [-0.3, -0.25) is 0 Å². The molecule has 0 fully saturated rings. The molecule has 0 aliphatic rings. The zero-order chi connectivity index (χ0) is 15.1. The van der Waals surface area contributed by atoms with Gasteiger partial charge in [0.15, 0.2) is 16.8 Å². The molecule has 7 heteroatoms. The van der Waals surface area contributed by atoms with E-state index < -0.39 is 11.6 Å². The Hall–Kier alpha value is -1.49. The van der Waals surface area contributed by atoms with Crippen molar-refractivity contribution in [3.63, 3.8) is 0 Å². The van der Waals surface area contributed by atoms with Crippen molar-refractivity contribution >= 4 is 45.6 Å². The molecule has 106 valence electrons. The third-order valence-electron chi connectivity index (χ3n) is 2.96. The molecule has 0 saturated heterocycles. The highest BCUT2D eigenvalue weighted by atomic mass is 35.5. The Morgan fingerprint density at radius 2 is 1.48 bits per heavy atom. The summed E-state index contributed by atoms with van der Waals surface area (Å²) in [5.74, 6) is -2.01. The lowest BCUT2D eigenvalue weighted by atomic mass is 10.0. The van der Waals surface area contributed by atoms with Crippen LogP contribution in [0.4, 0.5) is 8.78 Å². The topological polar surface area (TPSA) is 25.8 Å². The first-order valence-corrected chi connectivity index (χ1v) is 6.87. The predicted octanol–water partition coefficient (Wildman–Crippen LogP) is 5.54. The van der Waals surface area contributed by atoms with Gasteiger partial charge in [0.2, 0.25) is 0 Å². The van der Waals surface area contributed by atoms with E-state index >= 15 is 0 Å². The molecule has 0 amide bonds. The van der Waals surface area contributed by atoms with Gasteiger partial charge in [-0.05, 0) is 30.3 Å². The first kappa shape index (κ1) is 14.4. The number of nitrogens with zero attached hydrogens (tertiary/aromatic N) is 2. The highest BCUT2D eigenvalue weighted by Gasteiger charge is 2.16. The molecule has 0 saturated carbocycles. The van der Waals surface area contributed by atoms with E-state index in [0.717, 1.165) is 12.1 Å². The van der Waals surface area contributed by atoms with E-state index in [1.165, 1.54) is 6.07 Å². The summed E-state index contributed by atoms with van der Waals surface area (Å²) >= 11 is 17.9. The molecule has 3 aromatic rings. The lowest BCUT2D eigenvalue weighted by molar-refractivity contribution is 0.511. The van der Waals surface area contributed by atoms with Crippen LogP contribution in [0.3, 0.4) is 0 Å². The van der Waals surface area contributed by atoms with Gasteiger partial charge in [0.25, 0.3) is 0 Å². The zero-order valence-electron chi connectivity index (χ0n) is 10.2. The molecule has 0 spiro atoms. The Bertz CT molecular complexity index is 868. The van der Waals surface area contributed by atoms with Gasteiger partial charge in [-0.25, -0.2) is 8.78 Å². The SMILES string of the molecule is Fc1cc2c(Cl)nnc(-c3ccc(Cl)cc3Cl)c2cc1F. The van der Waals surface area contributed by atoms with Crippen LogP contribution >= 0.6 is 34.8 Å². The van der Waals surface area contributed by atoms with Crippen molar-refractivity contribution in [3.8, 4) is 11.3 Å². The van der Waals surface area contributed by atoms with Gasteiger partial charge < -0.3 is 0 Å². The maximum absolute atomic E-state index is 13.5. The fourth-order valence-corrected chi connectivity index (χ4v) is 2.69. The maximum atomic E-state index is 13.5. The van der Waals surface area contributed by atoms with E-state index in [9.17, 15) is 8.78 Å². The number of halogens is 5. The Balaban J connectivity index is 2.38. The summed E-state index contributed by atoms with van der Waals surface area (Å²) in [5, 5.41) is 9.03. The van der Waals surface area contributed by atoms with Gasteiger partial charge in [-0.2, -0.15) is 0 Å². The highest BCUT2D eigenvalue weighted by molar-refractivity contribution is 6.37. The van der Waals surface area contributed by atoms with Crippen molar-refractivity contribution < 1.29 is 8.78 Å². The third-order valence-corrected chi connectivity index (χ3v) is 3.79. The quantitative estimate of drug-likeness (QED) is 0.579. The lowest BCUT2D eigenvalue weighted by Crippen LogP contribution is -1.95. The predicted molar refractivity (Wildman–Crippen MR) is 79.9 cm³/mol. The van der Waals surface area contributed by atoms with Crippen molar-refractivity contribution in [3.05, 3.63) is 57.2 Å². The minimum absolute atomic E-state index is 0.0160. The first-order valence-electron chi connectivity index (χ1n) is 5.73. The molecular weight excluding hydrogens is 341 g/mol. The number of benzene rings is 2. The zero-order valence-corrected chi connectivity index (χ0v) is 12.4. The summed E-state index contributed by atoms with van der Waals surface area (Å²) in [5.41, 5.74) is 0.802. The molecule has 1 aromatic heterocycles. The minimum Gasteiger partial charge on any atom is -0.204 e. The van der Waals surface area contributed by atoms with Crippen LogP contribution in [0.1, 0.15) is 0 Å². The second kappa shape index (κ2) is 5.37. The summed E-state index contributed by atoms with van der Waals surface area (Å²) in [6.07, 6.45) is 0. The molecule has 0 radical (unpaired) electrons. The monoisotopic (exact) mass is 344 g/mol. The van der Waals surface area contributed by atoms with Crippen LogP contribution in [0, 0.1) is 11.6 Å². The highest BCUT2D eigenvalue weighted by Crippen LogP contribution is 2.35. The van der Waals surface area contributed by atoms with Gasteiger partial charge >= 0.3 is 0 Å². The fourth-order valence-electron chi connectivity index (χ4n) is 2.00. The summed E-state index contributed by atoms with van der Waals surface area (Å²) in [6, 6.07) is 6.77. The molecule has 0 aliphatic heterocycles. The van der Waals surface area contributed by atoms with Crippen LogP contribution < -0.4 is 0 Å². The fraction of sp³-hybridized carbons (Fsp3) is 0. The second-order valence-corrected chi connectivity index (χ2v) is 5.48. The Labute approximate surface area is 133 Å². The van der Waals surface area contributed by atoms with Crippen LogP contribution in [-0.2, 0) is 0 Å². The van der Waals surface area contributed by atoms with E-state index in [1.54, 1.807) is 12.1 Å². The van der Waals surface area contributed by atoms with E-state index in [4.69, 9.17) is 34.8 Å². The van der Waals surface area contributed by atoms with Crippen molar-refractivity contribution in [1.29, 1.82) is 0 Å². The van der Waals surface area contributed by atoms with Gasteiger partial charge in [0.1, 0.15) is 5.69 Å². The van der Waals surface area contributed by atoms with Crippen molar-refractivity contribution in [2.75, 3.05) is 0 Å². The van der Waals surface area contributed by atoms with Gasteiger partial charge in [0.05, 0.1) is 5.02 Å². The first-order chi connectivity index (χ1) is 9.97. The van der Waals surface area contributed by atoms with Crippen LogP contribution in [0.15, 0.2) is 30.3 Å². The Morgan fingerprint density at radius 1 is 0.810 bits per heavy atom. The summed E-state index contributed by atoms with van der Waals surface area (Å²) < 4.78 is 26.9. The third kappa shape index (κ3) is 2.55. The summed E-state index contributed by atoms with van der Waals surface area (Å²) in [4.78, 5) is 0. The molecule has 2 aromatic carbocycles. The number of aromatic nitrogens is 2. The van der Waals surface area contributed by atoms with Crippen molar-refractivity contribution in [2.45, 2.75) is 0 Å². The standard InChI is InChI=1S/C14H5Cl3F2N2/c15-6-1-2-7(10(16)3-6)13-8-4-11(18)12(19)5-9(8)14(17)21-20-13/h1-5H. The smallest absolute Gasteiger partial charge is 0.159 e. The number of fused-ring (bicyclic) bond motifs is 1. The van der Waals surface area contributed by atoms with Gasteiger partial charge in [-0.1, -0.05) is 34.8 Å². The molecule has 0 atom stereocenters. The molecule has 3 rings (SSSR count). The molecule has 0 bridgehead atoms.